The number of aromatic nitrogens is 1. The van der Waals surface area contributed by atoms with E-state index < -0.39 is 0 Å². The van der Waals surface area contributed by atoms with Gasteiger partial charge in [-0.2, -0.15) is 0 Å². The predicted molar refractivity (Wildman–Crippen MR) is 76.5 cm³/mol. The number of aliphatic hydroxyl groups excluding tert-OH is 1. The summed E-state index contributed by atoms with van der Waals surface area (Å²) in [6.07, 6.45) is 0.515. The molecule has 106 valence electrons. The molecular weight excluding hydrogens is 258 g/mol. The first-order valence-electron chi connectivity index (χ1n) is 6.44. The van der Waals surface area contributed by atoms with E-state index in [2.05, 4.69) is 15.6 Å². The Hall–Kier alpha value is -2.34. The molecule has 0 saturated heterocycles. The maximum absolute atomic E-state index is 11.5. The Bertz CT molecular complexity index is 651. The second kappa shape index (κ2) is 6.72. The van der Waals surface area contributed by atoms with Crippen LogP contribution in [-0.2, 0) is 6.54 Å². The fourth-order valence-electron chi connectivity index (χ4n) is 1.94. The number of pyridine rings is 1. The highest BCUT2D eigenvalue weighted by atomic mass is 16.3. The standard InChI is InChI=1S/C14H17N3O3/c18-7-3-6-15-14(20)16-9-10-8-13(19)17-12-5-2-1-4-11(10)12/h1-2,4-5,8,18H,3,6-7,9H2,(H,17,19)(H2,15,16,20). The fraction of sp³-hybridized carbons (Fsp3) is 0.286. The molecule has 2 amide bonds. The maximum atomic E-state index is 11.5. The van der Waals surface area contributed by atoms with Crippen LogP contribution >= 0.6 is 0 Å². The van der Waals surface area contributed by atoms with E-state index in [9.17, 15) is 9.59 Å². The van der Waals surface area contributed by atoms with Gasteiger partial charge in [0, 0.05) is 36.7 Å². The van der Waals surface area contributed by atoms with Gasteiger partial charge < -0.3 is 20.7 Å². The van der Waals surface area contributed by atoms with Crippen molar-refractivity contribution in [1.82, 2.24) is 15.6 Å². The van der Waals surface area contributed by atoms with Crippen LogP contribution in [0.5, 0.6) is 0 Å². The van der Waals surface area contributed by atoms with Crippen molar-refractivity contribution in [2.45, 2.75) is 13.0 Å². The molecule has 0 unspecified atom stereocenters. The van der Waals surface area contributed by atoms with Crippen LogP contribution in [0.3, 0.4) is 0 Å². The van der Waals surface area contributed by atoms with Crippen molar-refractivity contribution in [1.29, 1.82) is 0 Å². The number of carbonyl (C=O) groups excluding carboxylic acids is 1. The molecule has 4 N–H and O–H groups in total. The van der Waals surface area contributed by atoms with Crippen LogP contribution in [0.2, 0.25) is 0 Å². The minimum absolute atomic E-state index is 0.0407. The van der Waals surface area contributed by atoms with Crippen LogP contribution in [0.15, 0.2) is 35.1 Å². The van der Waals surface area contributed by atoms with E-state index in [1.165, 1.54) is 6.07 Å². The van der Waals surface area contributed by atoms with Crippen LogP contribution in [0, 0.1) is 0 Å². The Morgan fingerprint density at radius 1 is 1.25 bits per heavy atom. The number of para-hydroxylation sites is 1. The number of carbonyl (C=O) groups is 1. The lowest BCUT2D eigenvalue weighted by Gasteiger charge is -2.09. The third-order valence-electron chi connectivity index (χ3n) is 2.90. The number of fused-ring (bicyclic) bond motifs is 1. The molecule has 0 aliphatic heterocycles. The smallest absolute Gasteiger partial charge is 0.315 e. The first-order chi connectivity index (χ1) is 9.70. The quantitative estimate of drug-likeness (QED) is 0.605. The summed E-state index contributed by atoms with van der Waals surface area (Å²) in [5, 5.41) is 14.8. The van der Waals surface area contributed by atoms with Crippen LogP contribution in [-0.4, -0.2) is 29.3 Å². The number of rotatable bonds is 5. The number of hydrogen-bond donors (Lipinski definition) is 4. The summed E-state index contributed by atoms with van der Waals surface area (Å²) in [4.78, 5) is 25.8. The highest BCUT2D eigenvalue weighted by Crippen LogP contribution is 2.13. The monoisotopic (exact) mass is 275 g/mol. The Kier molecular flexibility index (Phi) is 4.73. The molecule has 2 rings (SSSR count). The van der Waals surface area contributed by atoms with Gasteiger partial charge in [-0.25, -0.2) is 4.79 Å². The van der Waals surface area contributed by atoms with Crippen LogP contribution in [0.25, 0.3) is 10.9 Å². The number of aromatic amines is 1. The zero-order chi connectivity index (χ0) is 14.4. The van der Waals surface area contributed by atoms with Crippen molar-refractivity contribution in [3.05, 3.63) is 46.2 Å². The summed E-state index contributed by atoms with van der Waals surface area (Å²) in [5.41, 5.74) is 1.32. The molecule has 0 saturated carbocycles. The van der Waals surface area contributed by atoms with E-state index in [0.29, 0.717) is 13.0 Å². The lowest BCUT2D eigenvalue weighted by Crippen LogP contribution is -2.36. The van der Waals surface area contributed by atoms with Crippen molar-refractivity contribution in [3.8, 4) is 0 Å². The van der Waals surface area contributed by atoms with E-state index in [-0.39, 0.29) is 24.7 Å². The van der Waals surface area contributed by atoms with E-state index in [0.717, 1.165) is 16.5 Å². The van der Waals surface area contributed by atoms with Crippen molar-refractivity contribution >= 4 is 16.9 Å². The summed E-state index contributed by atoms with van der Waals surface area (Å²) >= 11 is 0. The molecule has 2 aromatic rings. The molecule has 1 heterocycles. The summed E-state index contributed by atoms with van der Waals surface area (Å²) < 4.78 is 0. The zero-order valence-electron chi connectivity index (χ0n) is 11.0. The molecule has 0 aliphatic carbocycles. The van der Waals surface area contributed by atoms with Gasteiger partial charge in [-0.15, -0.1) is 0 Å². The Labute approximate surface area is 115 Å². The molecule has 0 atom stereocenters. The minimum Gasteiger partial charge on any atom is -0.396 e. The Balaban J connectivity index is 2.06. The molecule has 0 radical (unpaired) electrons. The summed E-state index contributed by atoms with van der Waals surface area (Å²) in [6, 6.07) is 8.61. The van der Waals surface area contributed by atoms with Gasteiger partial charge in [0.1, 0.15) is 0 Å². The van der Waals surface area contributed by atoms with Crippen molar-refractivity contribution in [2.24, 2.45) is 0 Å². The molecular formula is C14H17N3O3. The van der Waals surface area contributed by atoms with Gasteiger partial charge >= 0.3 is 6.03 Å². The number of H-pyrrole nitrogens is 1. The second-order valence-corrected chi connectivity index (χ2v) is 4.39. The van der Waals surface area contributed by atoms with Gasteiger partial charge in [0.05, 0.1) is 0 Å². The molecule has 1 aromatic carbocycles. The van der Waals surface area contributed by atoms with Gasteiger partial charge in [0.2, 0.25) is 5.56 Å². The van der Waals surface area contributed by atoms with Crippen molar-refractivity contribution in [2.75, 3.05) is 13.2 Å². The number of urea groups is 1. The molecule has 1 aromatic heterocycles. The molecule has 6 nitrogen and oxygen atoms in total. The van der Waals surface area contributed by atoms with Gasteiger partial charge in [0.25, 0.3) is 0 Å². The second-order valence-electron chi connectivity index (χ2n) is 4.39. The van der Waals surface area contributed by atoms with Crippen LogP contribution in [0.1, 0.15) is 12.0 Å². The van der Waals surface area contributed by atoms with Crippen LogP contribution < -0.4 is 16.2 Å². The van der Waals surface area contributed by atoms with E-state index >= 15 is 0 Å². The zero-order valence-corrected chi connectivity index (χ0v) is 11.0. The van der Waals surface area contributed by atoms with E-state index in [1.807, 2.05) is 24.3 Å². The van der Waals surface area contributed by atoms with Gasteiger partial charge in [-0.3, -0.25) is 4.79 Å². The lowest BCUT2D eigenvalue weighted by molar-refractivity contribution is 0.238. The highest BCUT2D eigenvalue weighted by Gasteiger charge is 2.05. The fourth-order valence-corrected chi connectivity index (χ4v) is 1.94. The maximum Gasteiger partial charge on any atom is 0.315 e. The third-order valence-corrected chi connectivity index (χ3v) is 2.90. The topological polar surface area (TPSA) is 94.2 Å². The normalized spacial score (nSPS) is 10.4. The first-order valence-corrected chi connectivity index (χ1v) is 6.44. The number of nitrogens with one attached hydrogen (secondary N) is 3. The Morgan fingerprint density at radius 2 is 2.05 bits per heavy atom. The third kappa shape index (κ3) is 3.58. The van der Waals surface area contributed by atoms with Gasteiger partial charge in [0.15, 0.2) is 0 Å². The molecule has 0 aliphatic rings. The molecule has 0 bridgehead atoms. The summed E-state index contributed by atoms with van der Waals surface area (Å²) in [6.45, 7) is 0.729. The average molecular weight is 275 g/mol. The first kappa shape index (κ1) is 14.1. The number of amides is 2. The van der Waals surface area contributed by atoms with E-state index in [4.69, 9.17) is 5.11 Å². The largest absolute Gasteiger partial charge is 0.396 e. The molecule has 20 heavy (non-hydrogen) atoms. The number of aliphatic hydroxyl groups is 1. The van der Waals surface area contributed by atoms with Crippen LogP contribution in [0.4, 0.5) is 4.79 Å². The molecule has 6 heteroatoms. The highest BCUT2D eigenvalue weighted by molar-refractivity contribution is 5.82. The molecule has 0 spiro atoms. The minimum atomic E-state index is -0.317. The lowest BCUT2D eigenvalue weighted by atomic mass is 10.1. The Morgan fingerprint density at radius 3 is 2.85 bits per heavy atom. The van der Waals surface area contributed by atoms with Crippen molar-refractivity contribution < 1.29 is 9.90 Å². The SMILES string of the molecule is O=C(NCCCO)NCc1cc(=O)[nH]c2ccccc12. The summed E-state index contributed by atoms with van der Waals surface area (Å²) in [7, 11) is 0. The average Bonchev–Trinajstić information content (AvgIpc) is 2.45. The van der Waals surface area contributed by atoms with Gasteiger partial charge in [-0.05, 0) is 18.1 Å². The van der Waals surface area contributed by atoms with E-state index in [1.54, 1.807) is 0 Å². The van der Waals surface area contributed by atoms with Gasteiger partial charge in [-0.1, -0.05) is 18.2 Å². The number of hydrogen-bond acceptors (Lipinski definition) is 3. The molecule has 0 fully saturated rings. The predicted octanol–water partition coefficient (Wildman–Crippen LogP) is 0.710. The number of benzene rings is 1. The van der Waals surface area contributed by atoms with Crippen molar-refractivity contribution in [3.63, 3.8) is 0 Å². The summed E-state index contributed by atoms with van der Waals surface area (Å²) in [5.74, 6) is 0.